The zero-order valence-electron chi connectivity index (χ0n) is 15.2. The summed E-state index contributed by atoms with van der Waals surface area (Å²) in [5, 5.41) is 2.85. The van der Waals surface area contributed by atoms with E-state index in [1.165, 1.54) is 28.8 Å². The van der Waals surface area contributed by atoms with E-state index in [2.05, 4.69) is 5.32 Å². The average molecular weight is 432 g/mol. The maximum absolute atomic E-state index is 13.0. The highest BCUT2D eigenvalue weighted by Gasteiger charge is 2.35. The molecule has 0 atom stereocenters. The molecule has 2 heterocycles. The van der Waals surface area contributed by atoms with Crippen LogP contribution in [-0.2, 0) is 11.0 Å². The average Bonchev–Trinajstić information content (AvgIpc) is 3.26. The summed E-state index contributed by atoms with van der Waals surface area (Å²) in [7, 11) is 0. The maximum Gasteiger partial charge on any atom is 0.416 e. The maximum atomic E-state index is 13.0. The highest BCUT2D eigenvalue weighted by atomic mass is 35.5. The molecule has 30 heavy (non-hydrogen) atoms. The Morgan fingerprint density at radius 2 is 1.67 bits per heavy atom. The van der Waals surface area contributed by atoms with Crippen molar-refractivity contribution >= 4 is 35.3 Å². The Morgan fingerprint density at radius 1 is 0.933 bits per heavy atom. The molecule has 3 aromatic rings. The summed E-state index contributed by atoms with van der Waals surface area (Å²) in [4.78, 5) is 26.0. The number of hydrogen-bond acceptors (Lipinski definition) is 2. The van der Waals surface area contributed by atoms with Crippen molar-refractivity contribution in [3.8, 4) is 5.69 Å². The fourth-order valence-corrected chi connectivity index (χ4v) is 3.30. The van der Waals surface area contributed by atoms with E-state index in [1.807, 2.05) is 0 Å². The van der Waals surface area contributed by atoms with Crippen molar-refractivity contribution in [1.29, 1.82) is 0 Å². The lowest BCUT2D eigenvalue weighted by atomic mass is 10.2. The van der Waals surface area contributed by atoms with Gasteiger partial charge in [0.15, 0.2) is 0 Å². The molecule has 1 aliphatic heterocycles. The number of amides is 3. The first-order chi connectivity index (χ1) is 14.2. The number of halogens is 4. The van der Waals surface area contributed by atoms with E-state index in [0.29, 0.717) is 16.4 Å². The van der Waals surface area contributed by atoms with Crippen LogP contribution in [0.15, 0.2) is 72.6 Å². The summed E-state index contributed by atoms with van der Waals surface area (Å²) in [6.07, 6.45) is -1.50. The first-order valence-electron chi connectivity index (χ1n) is 8.72. The first-order valence-corrected chi connectivity index (χ1v) is 9.09. The predicted molar refractivity (Wildman–Crippen MR) is 106 cm³/mol. The van der Waals surface area contributed by atoms with Crippen molar-refractivity contribution in [1.82, 2.24) is 9.88 Å². The summed E-state index contributed by atoms with van der Waals surface area (Å²) >= 11 is 5.94. The van der Waals surface area contributed by atoms with Crippen molar-refractivity contribution in [3.63, 3.8) is 0 Å². The van der Waals surface area contributed by atoms with E-state index in [9.17, 15) is 22.8 Å². The van der Waals surface area contributed by atoms with Crippen LogP contribution in [0.1, 0.15) is 11.3 Å². The van der Waals surface area contributed by atoms with E-state index in [0.717, 1.165) is 17.0 Å². The predicted octanol–water partition coefficient (Wildman–Crippen LogP) is 5.25. The Balaban J connectivity index is 1.69. The Labute approximate surface area is 174 Å². The van der Waals surface area contributed by atoms with Crippen LogP contribution in [0.25, 0.3) is 11.8 Å². The van der Waals surface area contributed by atoms with Gasteiger partial charge in [-0.1, -0.05) is 23.7 Å². The summed E-state index contributed by atoms with van der Waals surface area (Å²) < 4.78 is 40.6. The molecule has 152 valence electrons. The number of urea groups is 1. The minimum absolute atomic E-state index is 0.00750. The smallest absolute Gasteiger partial charge is 0.317 e. The van der Waals surface area contributed by atoms with Crippen molar-refractivity contribution in [2.45, 2.75) is 6.18 Å². The van der Waals surface area contributed by atoms with E-state index in [-0.39, 0.29) is 11.4 Å². The molecule has 1 N–H and O–H groups in total. The molecule has 4 rings (SSSR count). The van der Waals surface area contributed by atoms with Crippen molar-refractivity contribution in [3.05, 3.63) is 88.8 Å². The second kappa shape index (κ2) is 7.38. The van der Waals surface area contributed by atoms with E-state index in [1.54, 1.807) is 36.5 Å². The van der Waals surface area contributed by atoms with E-state index >= 15 is 0 Å². The van der Waals surface area contributed by atoms with Gasteiger partial charge in [-0.3, -0.25) is 4.79 Å². The molecule has 0 spiro atoms. The SMILES string of the molecule is O=C1N/C(=C/c2cccn2-c2cccc(C(F)(F)F)c2)C(=O)N1c1cccc(Cl)c1. The summed E-state index contributed by atoms with van der Waals surface area (Å²) in [5.74, 6) is -0.598. The second-order valence-electron chi connectivity index (χ2n) is 6.46. The zero-order chi connectivity index (χ0) is 21.5. The second-order valence-corrected chi connectivity index (χ2v) is 6.90. The number of carbonyl (C=O) groups excluding carboxylic acids is 2. The number of nitrogens with zero attached hydrogens (tertiary/aromatic N) is 2. The monoisotopic (exact) mass is 431 g/mol. The Kier molecular flexibility index (Phi) is 4.87. The van der Waals surface area contributed by atoms with Crippen molar-refractivity contribution in [2.24, 2.45) is 0 Å². The number of alkyl halides is 3. The third-order valence-corrected chi connectivity index (χ3v) is 4.70. The van der Waals surface area contributed by atoms with Gasteiger partial charge in [-0.2, -0.15) is 13.2 Å². The standard InChI is InChI=1S/C21H13ClF3N3O2/c22-14-5-2-7-17(11-14)28-19(29)18(26-20(28)30)12-16-8-3-9-27(16)15-6-1-4-13(10-15)21(23,24)25/h1-12H,(H,26,30)/b18-12+. The normalized spacial score (nSPS) is 15.7. The Morgan fingerprint density at radius 3 is 2.40 bits per heavy atom. The van der Waals surface area contributed by atoms with Gasteiger partial charge in [0.2, 0.25) is 0 Å². The van der Waals surface area contributed by atoms with Gasteiger partial charge < -0.3 is 9.88 Å². The number of carbonyl (C=O) groups is 2. The van der Waals surface area contributed by atoms with Crippen LogP contribution in [0, 0.1) is 0 Å². The number of rotatable bonds is 3. The summed E-state index contributed by atoms with van der Waals surface area (Å²) in [6.45, 7) is 0. The molecule has 1 aliphatic rings. The fraction of sp³-hybridized carbons (Fsp3) is 0.0476. The number of aromatic nitrogens is 1. The van der Waals surface area contributed by atoms with E-state index < -0.39 is 23.7 Å². The van der Waals surface area contributed by atoms with Gasteiger partial charge in [-0.05, 0) is 54.6 Å². The number of anilines is 1. The van der Waals surface area contributed by atoms with Gasteiger partial charge >= 0.3 is 12.2 Å². The molecule has 1 fully saturated rings. The molecule has 0 aliphatic carbocycles. The summed E-state index contributed by atoms with van der Waals surface area (Å²) in [5.41, 5.74) is 0.203. The van der Waals surface area contributed by atoms with Crippen LogP contribution in [0.4, 0.5) is 23.7 Å². The zero-order valence-corrected chi connectivity index (χ0v) is 15.9. The fourth-order valence-electron chi connectivity index (χ4n) is 3.11. The number of hydrogen-bond donors (Lipinski definition) is 1. The lowest BCUT2D eigenvalue weighted by molar-refractivity contribution is -0.137. The van der Waals surface area contributed by atoms with E-state index in [4.69, 9.17) is 11.6 Å². The van der Waals surface area contributed by atoms with Gasteiger partial charge in [0, 0.05) is 22.6 Å². The number of imide groups is 1. The van der Waals surface area contributed by atoms with Gasteiger partial charge in [0.05, 0.1) is 11.3 Å². The van der Waals surface area contributed by atoms with Crippen LogP contribution in [0.3, 0.4) is 0 Å². The molecule has 1 saturated heterocycles. The molecule has 0 saturated carbocycles. The number of benzene rings is 2. The summed E-state index contributed by atoms with van der Waals surface area (Å²) in [6, 6.07) is 13.7. The molecule has 0 bridgehead atoms. The largest absolute Gasteiger partial charge is 0.416 e. The van der Waals surface area contributed by atoms with Crippen LogP contribution >= 0.6 is 11.6 Å². The van der Waals surface area contributed by atoms with Crippen molar-refractivity contribution < 1.29 is 22.8 Å². The lowest BCUT2D eigenvalue weighted by Crippen LogP contribution is -2.30. The van der Waals surface area contributed by atoms with Crippen LogP contribution in [0.2, 0.25) is 5.02 Å². The van der Waals surface area contributed by atoms with Crippen molar-refractivity contribution in [2.75, 3.05) is 4.90 Å². The molecular weight excluding hydrogens is 419 g/mol. The minimum Gasteiger partial charge on any atom is -0.317 e. The molecule has 3 amide bonds. The third-order valence-electron chi connectivity index (χ3n) is 4.47. The Hall–Kier alpha value is -3.52. The van der Waals surface area contributed by atoms with Crippen LogP contribution in [0.5, 0.6) is 0 Å². The minimum atomic E-state index is -4.48. The molecule has 2 aromatic carbocycles. The molecular formula is C21H13ClF3N3O2. The van der Waals surface area contributed by atoms with Crippen LogP contribution in [-0.4, -0.2) is 16.5 Å². The lowest BCUT2D eigenvalue weighted by Gasteiger charge is -2.12. The highest BCUT2D eigenvalue weighted by Crippen LogP contribution is 2.31. The van der Waals surface area contributed by atoms with Gasteiger partial charge in [-0.25, -0.2) is 9.69 Å². The topological polar surface area (TPSA) is 54.3 Å². The molecule has 5 nitrogen and oxygen atoms in total. The molecule has 0 radical (unpaired) electrons. The first kappa shape index (κ1) is 19.8. The van der Waals surface area contributed by atoms with Gasteiger partial charge in [-0.15, -0.1) is 0 Å². The third kappa shape index (κ3) is 3.69. The molecule has 1 aromatic heterocycles. The molecule has 0 unspecified atom stereocenters. The van der Waals surface area contributed by atoms with Crippen LogP contribution < -0.4 is 10.2 Å². The highest BCUT2D eigenvalue weighted by molar-refractivity contribution is 6.32. The molecule has 9 heteroatoms. The van der Waals surface area contributed by atoms with Gasteiger partial charge in [0.1, 0.15) is 5.70 Å². The van der Waals surface area contributed by atoms with Gasteiger partial charge in [0.25, 0.3) is 5.91 Å². The quantitative estimate of drug-likeness (QED) is 0.455. The Bertz CT molecular complexity index is 1180. The number of nitrogens with one attached hydrogen (secondary N) is 1.